The number of benzene rings is 2. The third-order valence-electron chi connectivity index (χ3n) is 7.85. The highest BCUT2D eigenvalue weighted by Crippen LogP contribution is 2.48. The summed E-state index contributed by atoms with van der Waals surface area (Å²) in [5.74, 6) is -2.58. The fraction of sp³-hybridized carbons (Fsp3) is 0.500. The molecule has 3 heterocycles. The Morgan fingerprint density at radius 2 is 1.86 bits per heavy atom. The van der Waals surface area contributed by atoms with Gasteiger partial charge in [0.2, 0.25) is 5.91 Å². The first-order valence-electron chi connectivity index (χ1n) is 14.5. The first-order valence-corrected chi connectivity index (χ1v) is 15.2. The molecule has 4 unspecified atom stereocenters. The van der Waals surface area contributed by atoms with E-state index >= 15 is 8.78 Å². The minimum atomic E-state index is -0.913. The van der Waals surface area contributed by atoms with Gasteiger partial charge in [-0.25, -0.2) is 8.78 Å². The zero-order chi connectivity index (χ0) is 31.1. The van der Waals surface area contributed by atoms with Crippen molar-refractivity contribution in [3.8, 4) is 0 Å². The number of anilines is 1. The van der Waals surface area contributed by atoms with E-state index in [9.17, 15) is 4.79 Å². The highest BCUT2D eigenvalue weighted by molar-refractivity contribution is 6.31. The van der Waals surface area contributed by atoms with Crippen LogP contribution in [0.5, 0.6) is 0 Å². The molecule has 3 aromatic rings. The van der Waals surface area contributed by atoms with E-state index in [2.05, 4.69) is 36.5 Å². The lowest BCUT2D eigenvalue weighted by molar-refractivity contribution is -0.118. The fourth-order valence-electron chi connectivity index (χ4n) is 5.95. The second kappa shape index (κ2) is 12.4. The second-order valence-electron chi connectivity index (χ2n) is 13.3. The molecule has 2 fully saturated rings. The summed E-state index contributed by atoms with van der Waals surface area (Å²) in [5, 5.41) is 11.1. The smallest absolute Gasteiger partial charge is 0.243 e. The van der Waals surface area contributed by atoms with E-state index in [1.54, 1.807) is 41.2 Å². The van der Waals surface area contributed by atoms with Crippen molar-refractivity contribution in [3.05, 3.63) is 81.5 Å². The number of amides is 1. The summed E-state index contributed by atoms with van der Waals surface area (Å²) in [5.41, 5.74) is -0.0906. The minimum Gasteiger partial charge on any atom is -0.371 e. The topological polar surface area (TPSA) is 80.7 Å². The summed E-state index contributed by atoms with van der Waals surface area (Å²) < 4.78 is 44.1. The molecule has 0 aliphatic carbocycles. The van der Waals surface area contributed by atoms with Gasteiger partial charge in [-0.15, -0.1) is 0 Å². The molecule has 1 amide bonds. The van der Waals surface area contributed by atoms with Gasteiger partial charge in [0.25, 0.3) is 0 Å². The van der Waals surface area contributed by atoms with Crippen molar-refractivity contribution in [2.45, 2.75) is 83.2 Å². The van der Waals surface area contributed by atoms with E-state index < -0.39 is 41.0 Å². The number of hydrogen-bond donors (Lipinski definition) is 2. The van der Waals surface area contributed by atoms with Crippen LogP contribution in [-0.2, 0) is 20.8 Å². The molecule has 7 nitrogen and oxygen atoms in total. The lowest BCUT2D eigenvalue weighted by Crippen LogP contribution is -2.42. The highest BCUT2D eigenvalue weighted by atomic mass is 35.5. The molecule has 2 aromatic carbocycles. The number of epoxide rings is 1. The number of halogens is 4. The van der Waals surface area contributed by atoms with Gasteiger partial charge in [-0.1, -0.05) is 62.2 Å². The molecule has 5 atom stereocenters. The standard InChI is InChI=1S/C32H38Cl2F2N4O3/c1-31(2,3)14-24-26(20-10-9-18(33)13-23(20)35)27(21-7-6-8-22(34)28(21)36)29(37-24)30(41)38-25-11-12-40(39-25)17-32(4,5)43-16-19-15-42-19/h6-13,19,24,26-27,29,37H,14-17H2,1-5H3,(H,38,39,41)/t19-,24?,26?,27?,29?/m1/s1. The quantitative estimate of drug-likeness (QED) is 0.236. The normalized spacial score (nSPS) is 23.9. The van der Waals surface area contributed by atoms with Gasteiger partial charge in [0.05, 0.1) is 36.4 Å². The summed E-state index contributed by atoms with van der Waals surface area (Å²) in [6.07, 6.45) is 2.51. The zero-order valence-electron chi connectivity index (χ0n) is 25.0. The van der Waals surface area contributed by atoms with Crippen LogP contribution >= 0.6 is 23.2 Å². The maximum Gasteiger partial charge on any atom is 0.243 e. The average molecular weight is 636 g/mol. The largest absolute Gasteiger partial charge is 0.371 e. The van der Waals surface area contributed by atoms with Gasteiger partial charge in [-0.2, -0.15) is 5.10 Å². The third-order valence-corrected chi connectivity index (χ3v) is 8.37. The molecule has 2 saturated heterocycles. The predicted octanol–water partition coefficient (Wildman–Crippen LogP) is 6.94. The van der Waals surface area contributed by atoms with Gasteiger partial charge in [-0.05, 0) is 55.0 Å². The summed E-state index contributed by atoms with van der Waals surface area (Å²) in [7, 11) is 0. The van der Waals surface area contributed by atoms with Crippen molar-refractivity contribution in [2.24, 2.45) is 5.41 Å². The lowest BCUT2D eigenvalue weighted by Gasteiger charge is -2.30. The first kappa shape index (κ1) is 31.9. The number of ether oxygens (including phenoxy) is 2. The van der Waals surface area contributed by atoms with Crippen molar-refractivity contribution in [1.29, 1.82) is 0 Å². The molecule has 2 aliphatic rings. The summed E-state index contributed by atoms with van der Waals surface area (Å²) >= 11 is 12.3. The van der Waals surface area contributed by atoms with E-state index in [0.717, 1.165) is 0 Å². The summed E-state index contributed by atoms with van der Waals surface area (Å²) in [4.78, 5) is 14.0. The SMILES string of the molecule is CC(C)(C)CC1NC(C(=O)Nc2ccn(CC(C)(C)OC[C@H]3CO3)n2)C(c2cccc(Cl)c2F)C1c1ccc(Cl)cc1F. The van der Waals surface area contributed by atoms with Gasteiger partial charge in [0.1, 0.15) is 17.7 Å². The molecular formula is C32H38Cl2F2N4O3. The van der Waals surface area contributed by atoms with Crippen molar-refractivity contribution < 1.29 is 23.0 Å². The van der Waals surface area contributed by atoms with E-state index in [1.165, 1.54) is 12.1 Å². The van der Waals surface area contributed by atoms with Crippen LogP contribution in [0.25, 0.3) is 0 Å². The molecule has 0 bridgehead atoms. The number of rotatable bonds is 10. The Bertz CT molecular complexity index is 1470. The summed E-state index contributed by atoms with van der Waals surface area (Å²) in [6, 6.07) is 9.62. The van der Waals surface area contributed by atoms with Gasteiger partial charge >= 0.3 is 0 Å². The van der Waals surface area contributed by atoms with Crippen LogP contribution in [0.15, 0.2) is 48.7 Å². The van der Waals surface area contributed by atoms with Gasteiger partial charge in [-0.3, -0.25) is 9.48 Å². The molecule has 1 aromatic heterocycles. The van der Waals surface area contributed by atoms with Crippen LogP contribution in [0.3, 0.4) is 0 Å². The number of aromatic nitrogens is 2. The fourth-order valence-corrected chi connectivity index (χ4v) is 6.29. The van der Waals surface area contributed by atoms with Crippen molar-refractivity contribution in [3.63, 3.8) is 0 Å². The first-order chi connectivity index (χ1) is 20.2. The summed E-state index contributed by atoms with van der Waals surface area (Å²) in [6.45, 7) is 11.8. The van der Waals surface area contributed by atoms with Crippen molar-refractivity contribution in [1.82, 2.24) is 15.1 Å². The Morgan fingerprint density at radius 3 is 2.53 bits per heavy atom. The third kappa shape index (κ3) is 7.75. The molecular weight excluding hydrogens is 597 g/mol. The molecule has 0 radical (unpaired) electrons. The van der Waals surface area contributed by atoms with Crippen LogP contribution in [0.1, 0.15) is 64.0 Å². The van der Waals surface area contributed by atoms with Crippen LogP contribution in [0.2, 0.25) is 10.0 Å². The average Bonchev–Trinajstić information content (AvgIpc) is 3.54. The molecule has 11 heteroatoms. The molecule has 43 heavy (non-hydrogen) atoms. The van der Waals surface area contributed by atoms with E-state index in [4.69, 9.17) is 32.7 Å². The van der Waals surface area contributed by atoms with Crippen LogP contribution in [0.4, 0.5) is 14.6 Å². The number of nitrogens with one attached hydrogen (secondary N) is 2. The maximum atomic E-state index is 15.7. The number of hydrogen-bond acceptors (Lipinski definition) is 5. The second-order valence-corrected chi connectivity index (χ2v) is 14.1. The Labute approximate surface area is 261 Å². The number of carbonyl (C=O) groups excluding carboxylic acids is 1. The monoisotopic (exact) mass is 634 g/mol. The van der Waals surface area contributed by atoms with Crippen molar-refractivity contribution in [2.75, 3.05) is 18.5 Å². The highest BCUT2D eigenvalue weighted by Gasteiger charge is 2.50. The number of carbonyl (C=O) groups is 1. The molecule has 232 valence electrons. The van der Waals surface area contributed by atoms with Crippen LogP contribution < -0.4 is 10.6 Å². The predicted molar refractivity (Wildman–Crippen MR) is 164 cm³/mol. The maximum absolute atomic E-state index is 15.7. The minimum absolute atomic E-state index is 0.0666. The Hall–Kier alpha value is -2.56. The lowest BCUT2D eigenvalue weighted by atomic mass is 9.74. The Kier molecular flexibility index (Phi) is 9.22. The van der Waals surface area contributed by atoms with E-state index in [0.29, 0.717) is 37.6 Å². The molecule has 0 saturated carbocycles. The van der Waals surface area contributed by atoms with Gasteiger partial charge < -0.3 is 20.1 Å². The van der Waals surface area contributed by atoms with E-state index in [-0.39, 0.29) is 33.2 Å². The van der Waals surface area contributed by atoms with Crippen LogP contribution in [-0.4, -0.2) is 52.7 Å². The van der Waals surface area contributed by atoms with E-state index in [1.807, 2.05) is 13.8 Å². The Balaban J connectivity index is 1.46. The molecule has 0 spiro atoms. The Morgan fingerprint density at radius 1 is 1.12 bits per heavy atom. The molecule has 2 aliphatic heterocycles. The zero-order valence-corrected chi connectivity index (χ0v) is 26.5. The van der Waals surface area contributed by atoms with Crippen molar-refractivity contribution >= 4 is 34.9 Å². The van der Waals surface area contributed by atoms with Crippen LogP contribution in [0, 0.1) is 17.0 Å². The molecule has 5 rings (SSSR count). The van der Waals surface area contributed by atoms with Gasteiger partial charge in [0.15, 0.2) is 5.82 Å². The molecule has 2 N–H and O–H groups in total. The van der Waals surface area contributed by atoms with Gasteiger partial charge in [0, 0.05) is 35.2 Å². The number of nitrogens with zero attached hydrogens (tertiary/aromatic N) is 2.